The first-order valence-electron chi connectivity index (χ1n) is 5.45. The third-order valence-electron chi connectivity index (χ3n) is 2.66. The number of hydrogen-bond donors (Lipinski definition) is 2. The van der Waals surface area contributed by atoms with Crippen LogP contribution in [0.5, 0.6) is 0 Å². The van der Waals surface area contributed by atoms with Crippen LogP contribution in [0.3, 0.4) is 0 Å². The van der Waals surface area contributed by atoms with Crippen LogP contribution in [0.2, 0.25) is 0 Å². The standard InChI is InChI=1S/C10H16N2O2S2/c13-16(14,10-4-2-8-15-10)12-9-3-1-6-11-7-5-9/h2,4,8-9,11-12H,1,3,5-7H2. The van der Waals surface area contributed by atoms with Gasteiger partial charge in [-0.25, -0.2) is 13.1 Å². The molecule has 0 spiro atoms. The second-order valence-corrected chi connectivity index (χ2v) is 6.82. The third kappa shape index (κ3) is 3.04. The fraction of sp³-hybridized carbons (Fsp3) is 0.600. The van der Waals surface area contributed by atoms with E-state index < -0.39 is 10.0 Å². The van der Waals surface area contributed by atoms with E-state index in [2.05, 4.69) is 10.0 Å². The van der Waals surface area contributed by atoms with Gasteiger partial charge in [-0.15, -0.1) is 11.3 Å². The smallest absolute Gasteiger partial charge is 0.250 e. The molecule has 6 heteroatoms. The second kappa shape index (κ2) is 5.27. The van der Waals surface area contributed by atoms with E-state index in [-0.39, 0.29) is 6.04 Å². The summed E-state index contributed by atoms with van der Waals surface area (Å²) in [5.74, 6) is 0. The Labute approximate surface area is 100 Å². The van der Waals surface area contributed by atoms with Crippen molar-refractivity contribution in [2.24, 2.45) is 0 Å². The molecule has 4 nitrogen and oxygen atoms in total. The van der Waals surface area contributed by atoms with E-state index in [1.807, 2.05) is 0 Å². The summed E-state index contributed by atoms with van der Waals surface area (Å²) in [6.07, 6.45) is 2.81. The average molecular weight is 260 g/mol. The van der Waals surface area contributed by atoms with Gasteiger partial charge in [0.2, 0.25) is 10.0 Å². The minimum absolute atomic E-state index is 0.0714. The van der Waals surface area contributed by atoms with Crippen LogP contribution >= 0.6 is 11.3 Å². The molecule has 90 valence electrons. The first kappa shape index (κ1) is 12.0. The molecule has 1 aliphatic rings. The molecule has 0 amide bonds. The van der Waals surface area contributed by atoms with Crippen LogP contribution in [0.1, 0.15) is 19.3 Å². The summed E-state index contributed by atoms with van der Waals surface area (Å²) >= 11 is 1.26. The van der Waals surface area contributed by atoms with Crippen LogP contribution < -0.4 is 10.0 Å². The maximum Gasteiger partial charge on any atom is 0.250 e. The van der Waals surface area contributed by atoms with Gasteiger partial charge >= 0.3 is 0 Å². The molecule has 2 rings (SSSR count). The molecule has 0 saturated carbocycles. The Hall–Kier alpha value is -0.430. The van der Waals surface area contributed by atoms with E-state index in [1.54, 1.807) is 17.5 Å². The monoisotopic (exact) mass is 260 g/mol. The summed E-state index contributed by atoms with van der Waals surface area (Å²) in [7, 11) is -3.29. The fourth-order valence-corrected chi connectivity index (χ4v) is 4.15. The Morgan fingerprint density at radius 2 is 2.25 bits per heavy atom. The Kier molecular flexibility index (Phi) is 3.96. The highest BCUT2D eigenvalue weighted by Crippen LogP contribution is 2.17. The number of rotatable bonds is 3. The van der Waals surface area contributed by atoms with Gasteiger partial charge in [0, 0.05) is 6.04 Å². The molecule has 1 aliphatic heterocycles. The SMILES string of the molecule is O=S(=O)(NC1CCCNCC1)c1cccs1. The van der Waals surface area contributed by atoms with Gasteiger partial charge in [-0.1, -0.05) is 6.07 Å². The number of hydrogen-bond acceptors (Lipinski definition) is 4. The van der Waals surface area contributed by atoms with Crippen LogP contribution in [0, 0.1) is 0 Å². The lowest BCUT2D eigenvalue weighted by molar-refractivity contribution is 0.519. The summed E-state index contributed by atoms with van der Waals surface area (Å²) in [6, 6.07) is 3.47. The molecule has 1 fully saturated rings. The van der Waals surface area contributed by atoms with Gasteiger partial charge in [0.1, 0.15) is 4.21 Å². The molecule has 2 heterocycles. The van der Waals surface area contributed by atoms with Crippen molar-refractivity contribution in [3.05, 3.63) is 17.5 Å². The van der Waals surface area contributed by atoms with Crippen molar-refractivity contribution in [3.63, 3.8) is 0 Å². The molecule has 0 aliphatic carbocycles. The lowest BCUT2D eigenvalue weighted by Gasteiger charge is -2.14. The molecular formula is C10H16N2O2S2. The number of sulfonamides is 1. The minimum Gasteiger partial charge on any atom is -0.317 e. The highest BCUT2D eigenvalue weighted by molar-refractivity contribution is 7.91. The molecule has 1 aromatic rings. The summed E-state index contributed by atoms with van der Waals surface area (Å²) in [5, 5.41) is 5.05. The van der Waals surface area contributed by atoms with Crippen molar-refractivity contribution in [1.82, 2.24) is 10.0 Å². The first-order chi connectivity index (χ1) is 7.68. The highest BCUT2D eigenvalue weighted by atomic mass is 32.2. The van der Waals surface area contributed by atoms with Crippen molar-refractivity contribution in [2.45, 2.75) is 29.5 Å². The summed E-state index contributed by atoms with van der Waals surface area (Å²) in [4.78, 5) is 0. The molecule has 0 aromatic carbocycles. The van der Waals surface area contributed by atoms with Crippen molar-refractivity contribution >= 4 is 21.4 Å². The molecule has 1 unspecified atom stereocenters. The lowest BCUT2D eigenvalue weighted by Crippen LogP contribution is -2.34. The van der Waals surface area contributed by atoms with Crippen molar-refractivity contribution in [2.75, 3.05) is 13.1 Å². The molecule has 0 radical (unpaired) electrons. The van der Waals surface area contributed by atoms with E-state index >= 15 is 0 Å². The highest BCUT2D eigenvalue weighted by Gasteiger charge is 2.21. The molecule has 1 aromatic heterocycles. The van der Waals surface area contributed by atoms with Gasteiger partial charge < -0.3 is 5.32 Å². The lowest BCUT2D eigenvalue weighted by atomic mass is 10.1. The molecule has 0 bridgehead atoms. The molecule has 1 atom stereocenters. The normalized spacial score (nSPS) is 22.9. The van der Waals surface area contributed by atoms with Crippen LogP contribution in [0.15, 0.2) is 21.7 Å². The van der Waals surface area contributed by atoms with Crippen molar-refractivity contribution < 1.29 is 8.42 Å². The van der Waals surface area contributed by atoms with E-state index in [0.717, 1.165) is 32.4 Å². The summed E-state index contributed by atoms with van der Waals surface area (Å²) in [6.45, 7) is 1.87. The van der Waals surface area contributed by atoms with Gasteiger partial charge in [-0.2, -0.15) is 0 Å². The predicted octanol–water partition coefficient (Wildman–Crippen LogP) is 1.17. The number of thiophene rings is 1. The van der Waals surface area contributed by atoms with Crippen molar-refractivity contribution in [3.8, 4) is 0 Å². The Morgan fingerprint density at radius 3 is 3.00 bits per heavy atom. The Balaban J connectivity index is 2.03. The quantitative estimate of drug-likeness (QED) is 0.857. The van der Waals surface area contributed by atoms with Gasteiger partial charge in [-0.05, 0) is 43.8 Å². The van der Waals surface area contributed by atoms with E-state index in [4.69, 9.17) is 0 Å². The molecule has 1 saturated heterocycles. The van der Waals surface area contributed by atoms with Gasteiger partial charge in [0.05, 0.1) is 0 Å². The summed E-state index contributed by atoms with van der Waals surface area (Å²) in [5.41, 5.74) is 0. The van der Waals surface area contributed by atoms with Gasteiger partial charge in [-0.3, -0.25) is 0 Å². The predicted molar refractivity (Wildman–Crippen MR) is 65.1 cm³/mol. The van der Waals surface area contributed by atoms with Crippen LogP contribution in [-0.2, 0) is 10.0 Å². The zero-order valence-electron chi connectivity index (χ0n) is 8.98. The van der Waals surface area contributed by atoms with E-state index in [1.165, 1.54) is 11.3 Å². The second-order valence-electron chi connectivity index (χ2n) is 3.93. The molecule has 16 heavy (non-hydrogen) atoms. The minimum atomic E-state index is -3.29. The zero-order valence-corrected chi connectivity index (χ0v) is 10.6. The third-order valence-corrected chi connectivity index (χ3v) is 5.58. The van der Waals surface area contributed by atoms with Crippen LogP contribution in [-0.4, -0.2) is 27.5 Å². The summed E-state index contributed by atoms with van der Waals surface area (Å²) < 4.78 is 27.1. The van der Waals surface area contributed by atoms with Crippen LogP contribution in [0.25, 0.3) is 0 Å². The zero-order chi connectivity index (χ0) is 11.4. The van der Waals surface area contributed by atoms with Gasteiger partial charge in [0.15, 0.2) is 0 Å². The topological polar surface area (TPSA) is 58.2 Å². The fourth-order valence-electron chi connectivity index (χ4n) is 1.83. The average Bonchev–Trinajstić information content (AvgIpc) is 2.67. The van der Waals surface area contributed by atoms with E-state index in [0.29, 0.717) is 4.21 Å². The van der Waals surface area contributed by atoms with Crippen molar-refractivity contribution in [1.29, 1.82) is 0 Å². The maximum atomic E-state index is 12.0. The largest absolute Gasteiger partial charge is 0.317 e. The maximum absolute atomic E-state index is 12.0. The molecular weight excluding hydrogens is 244 g/mol. The first-order valence-corrected chi connectivity index (χ1v) is 7.81. The van der Waals surface area contributed by atoms with E-state index in [9.17, 15) is 8.42 Å². The van der Waals surface area contributed by atoms with Gasteiger partial charge in [0.25, 0.3) is 0 Å². The molecule has 2 N–H and O–H groups in total. The Bertz CT molecular complexity index is 406. The Morgan fingerprint density at radius 1 is 1.38 bits per heavy atom. The van der Waals surface area contributed by atoms with Crippen LogP contribution in [0.4, 0.5) is 0 Å². The number of nitrogens with one attached hydrogen (secondary N) is 2.